The first-order valence-electron chi connectivity index (χ1n) is 6.86. The molecule has 0 saturated heterocycles. The molecule has 2 rings (SSSR count). The van der Waals surface area contributed by atoms with Crippen LogP contribution in [0.1, 0.15) is 31.7 Å². The second-order valence-electron chi connectivity index (χ2n) is 5.44. The molecule has 3 atom stereocenters. The van der Waals surface area contributed by atoms with Crippen molar-refractivity contribution in [1.82, 2.24) is 5.32 Å². The van der Waals surface area contributed by atoms with Crippen molar-refractivity contribution < 1.29 is 4.79 Å². The standard InChI is InChI=1S/C15H21ClN2O/c1-10(8-11-4-2-5-12(16)9-11)18-15(19)13-6-3-7-14(13)17/h2,4-5,9-10,13-14H,3,6-8,17H2,1H3,(H,18,19). The molecule has 1 fully saturated rings. The topological polar surface area (TPSA) is 55.1 Å². The Labute approximate surface area is 119 Å². The Morgan fingerprint density at radius 3 is 2.95 bits per heavy atom. The fourth-order valence-corrected chi connectivity index (χ4v) is 2.95. The fourth-order valence-electron chi connectivity index (χ4n) is 2.73. The molecule has 0 aromatic heterocycles. The molecule has 1 amide bonds. The van der Waals surface area contributed by atoms with Gasteiger partial charge in [-0.3, -0.25) is 4.79 Å². The van der Waals surface area contributed by atoms with Crippen LogP contribution in [0.15, 0.2) is 24.3 Å². The molecule has 1 aromatic carbocycles. The van der Waals surface area contributed by atoms with Gasteiger partial charge in [0, 0.05) is 17.1 Å². The predicted octanol–water partition coefficient (Wildman–Crippen LogP) is 2.51. The van der Waals surface area contributed by atoms with Crippen LogP contribution >= 0.6 is 11.6 Å². The lowest BCUT2D eigenvalue weighted by molar-refractivity contribution is -0.125. The van der Waals surface area contributed by atoms with E-state index in [-0.39, 0.29) is 23.9 Å². The quantitative estimate of drug-likeness (QED) is 0.890. The maximum Gasteiger partial charge on any atom is 0.224 e. The number of hydrogen-bond donors (Lipinski definition) is 2. The third kappa shape index (κ3) is 3.95. The molecule has 1 aliphatic carbocycles. The van der Waals surface area contributed by atoms with E-state index in [1.807, 2.05) is 31.2 Å². The Morgan fingerprint density at radius 2 is 2.32 bits per heavy atom. The van der Waals surface area contributed by atoms with Crippen LogP contribution in [0.2, 0.25) is 5.02 Å². The number of carbonyl (C=O) groups is 1. The Balaban J connectivity index is 1.87. The molecule has 104 valence electrons. The number of nitrogens with one attached hydrogen (secondary N) is 1. The van der Waals surface area contributed by atoms with E-state index in [4.69, 9.17) is 17.3 Å². The van der Waals surface area contributed by atoms with Gasteiger partial charge in [0.25, 0.3) is 0 Å². The van der Waals surface area contributed by atoms with Crippen molar-refractivity contribution in [3.63, 3.8) is 0 Å². The molecular weight excluding hydrogens is 260 g/mol. The van der Waals surface area contributed by atoms with Crippen molar-refractivity contribution >= 4 is 17.5 Å². The first-order chi connectivity index (χ1) is 9.06. The number of benzene rings is 1. The molecule has 0 heterocycles. The van der Waals surface area contributed by atoms with Crippen molar-refractivity contribution in [3.8, 4) is 0 Å². The number of carbonyl (C=O) groups excluding carboxylic acids is 1. The molecule has 3 unspecified atom stereocenters. The first-order valence-corrected chi connectivity index (χ1v) is 7.24. The van der Waals surface area contributed by atoms with Gasteiger partial charge in [0.1, 0.15) is 0 Å². The number of nitrogens with two attached hydrogens (primary N) is 1. The van der Waals surface area contributed by atoms with Gasteiger partial charge in [0.2, 0.25) is 5.91 Å². The van der Waals surface area contributed by atoms with Crippen LogP contribution in [0.4, 0.5) is 0 Å². The number of hydrogen-bond acceptors (Lipinski definition) is 2. The van der Waals surface area contributed by atoms with E-state index in [0.29, 0.717) is 0 Å². The first kappa shape index (κ1) is 14.4. The third-order valence-electron chi connectivity index (χ3n) is 3.73. The van der Waals surface area contributed by atoms with E-state index in [0.717, 1.165) is 36.3 Å². The Kier molecular flexibility index (Phi) is 4.83. The summed E-state index contributed by atoms with van der Waals surface area (Å²) >= 11 is 5.95. The van der Waals surface area contributed by atoms with E-state index in [1.165, 1.54) is 0 Å². The average molecular weight is 281 g/mol. The monoisotopic (exact) mass is 280 g/mol. The Hall–Kier alpha value is -1.06. The van der Waals surface area contributed by atoms with Gasteiger partial charge in [0.05, 0.1) is 5.92 Å². The Bertz CT molecular complexity index is 450. The molecule has 0 spiro atoms. The summed E-state index contributed by atoms with van der Waals surface area (Å²) < 4.78 is 0. The number of amides is 1. The van der Waals surface area contributed by atoms with Gasteiger partial charge in [-0.2, -0.15) is 0 Å². The van der Waals surface area contributed by atoms with Crippen LogP contribution < -0.4 is 11.1 Å². The maximum absolute atomic E-state index is 12.1. The minimum absolute atomic E-state index is 0.0122. The third-order valence-corrected chi connectivity index (χ3v) is 3.96. The lowest BCUT2D eigenvalue weighted by Crippen LogP contribution is -2.43. The molecule has 19 heavy (non-hydrogen) atoms. The zero-order valence-electron chi connectivity index (χ0n) is 11.2. The minimum atomic E-state index is -0.0122. The van der Waals surface area contributed by atoms with Crippen molar-refractivity contribution in [2.45, 2.75) is 44.7 Å². The molecule has 1 aliphatic rings. The van der Waals surface area contributed by atoms with Crippen LogP contribution in [0.5, 0.6) is 0 Å². The molecule has 4 heteroatoms. The van der Waals surface area contributed by atoms with Crippen LogP contribution in [0.25, 0.3) is 0 Å². The fraction of sp³-hybridized carbons (Fsp3) is 0.533. The van der Waals surface area contributed by atoms with Crippen LogP contribution in [-0.2, 0) is 11.2 Å². The van der Waals surface area contributed by atoms with Crippen LogP contribution in [-0.4, -0.2) is 18.0 Å². The second kappa shape index (κ2) is 6.40. The van der Waals surface area contributed by atoms with Gasteiger partial charge in [0.15, 0.2) is 0 Å². The lowest BCUT2D eigenvalue weighted by atomic mass is 10.0. The highest BCUT2D eigenvalue weighted by Crippen LogP contribution is 2.24. The summed E-state index contributed by atoms with van der Waals surface area (Å²) in [7, 11) is 0. The summed E-state index contributed by atoms with van der Waals surface area (Å²) in [5, 5.41) is 3.79. The maximum atomic E-state index is 12.1. The molecule has 1 saturated carbocycles. The van der Waals surface area contributed by atoms with E-state index in [1.54, 1.807) is 0 Å². The summed E-state index contributed by atoms with van der Waals surface area (Å²) in [4.78, 5) is 12.1. The zero-order chi connectivity index (χ0) is 13.8. The molecule has 0 aliphatic heterocycles. The van der Waals surface area contributed by atoms with Gasteiger partial charge < -0.3 is 11.1 Å². The van der Waals surface area contributed by atoms with Crippen LogP contribution in [0.3, 0.4) is 0 Å². The lowest BCUT2D eigenvalue weighted by Gasteiger charge is -2.19. The van der Waals surface area contributed by atoms with E-state index >= 15 is 0 Å². The van der Waals surface area contributed by atoms with E-state index in [9.17, 15) is 4.79 Å². The van der Waals surface area contributed by atoms with Crippen LogP contribution in [0, 0.1) is 5.92 Å². The number of rotatable bonds is 4. The molecule has 1 aromatic rings. The van der Waals surface area contributed by atoms with Crippen molar-refractivity contribution in [1.29, 1.82) is 0 Å². The van der Waals surface area contributed by atoms with Gasteiger partial charge in [-0.05, 0) is 43.9 Å². The van der Waals surface area contributed by atoms with Crippen molar-refractivity contribution in [2.75, 3.05) is 0 Å². The van der Waals surface area contributed by atoms with Gasteiger partial charge >= 0.3 is 0 Å². The summed E-state index contributed by atoms with van der Waals surface area (Å²) in [6.07, 6.45) is 3.72. The van der Waals surface area contributed by atoms with Gasteiger partial charge in [-0.15, -0.1) is 0 Å². The smallest absolute Gasteiger partial charge is 0.224 e. The molecule has 0 bridgehead atoms. The highest BCUT2D eigenvalue weighted by atomic mass is 35.5. The predicted molar refractivity (Wildman–Crippen MR) is 78.1 cm³/mol. The number of halogens is 1. The van der Waals surface area contributed by atoms with Crippen molar-refractivity contribution in [3.05, 3.63) is 34.9 Å². The summed E-state index contributed by atoms with van der Waals surface area (Å²) in [6.45, 7) is 2.01. The normalized spacial score (nSPS) is 24.2. The summed E-state index contributed by atoms with van der Waals surface area (Å²) in [6, 6.07) is 7.86. The second-order valence-corrected chi connectivity index (χ2v) is 5.88. The molecular formula is C15H21ClN2O. The summed E-state index contributed by atoms with van der Waals surface area (Å²) in [5.41, 5.74) is 7.08. The largest absolute Gasteiger partial charge is 0.353 e. The van der Waals surface area contributed by atoms with E-state index < -0.39 is 0 Å². The molecule has 0 radical (unpaired) electrons. The highest BCUT2D eigenvalue weighted by molar-refractivity contribution is 6.30. The van der Waals surface area contributed by atoms with Gasteiger partial charge in [-0.25, -0.2) is 0 Å². The average Bonchev–Trinajstić information content (AvgIpc) is 2.75. The highest BCUT2D eigenvalue weighted by Gasteiger charge is 2.30. The van der Waals surface area contributed by atoms with Crippen molar-refractivity contribution in [2.24, 2.45) is 11.7 Å². The molecule has 3 N–H and O–H groups in total. The zero-order valence-corrected chi connectivity index (χ0v) is 12.0. The minimum Gasteiger partial charge on any atom is -0.353 e. The van der Waals surface area contributed by atoms with E-state index in [2.05, 4.69) is 5.32 Å². The summed E-state index contributed by atoms with van der Waals surface area (Å²) in [5.74, 6) is 0.0846. The van der Waals surface area contributed by atoms with Gasteiger partial charge in [-0.1, -0.05) is 30.2 Å². The Morgan fingerprint density at radius 1 is 1.53 bits per heavy atom. The molecule has 3 nitrogen and oxygen atoms in total. The SMILES string of the molecule is CC(Cc1cccc(Cl)c1)NC(=O)C1CCCC1N.